The van der Waals surface area contributed by atoms with E-state index in [0.717, 1.165) is 56.2 Å². The van der Waals surface area contributed by atoms with Gasteiger partial charge in [0.05, 0.1) is 5.69 Å². The Bertz CT molecular complexity index is 838. The van der Waals surface area contributed by atoms with Gasteiger partial charge < -0.3 is 14.7 Å². The van der Waals surface area contributed by atoms with E-state index < -0.39 is 0 Å². The summed E-state index contributed by atoms with van der Waals surface area (Å²) in [6.07, 6.45) is 4.77. The fourth-order valence-electron chi connectivity index (χ4n) is 4.27. The SMILES string of the molecule is CCN1CC(CN(C)Cc2c(C(=O)N3CCCC3)nc3sccn23)CC1=O. The maximum absolute atomic E-state index is 13.0. The van der Waals surface area contributed by atoms with Gasteiger partial charge in [-0.15, -0.1) is 11.3 Å². The Hall–Kier alpha value is -1.93. The summed E-state index contributed by atoms with van der Waals surface area (Å²) in [6, 6.07) is 0. The van der Waals surface area contributed by atoms with Crippen LogP contribution in [-0.4, -0.2) is 75.7 Å². The molecule has 2 aliphatic heterocycles. The number of likely N-dealkylation sites (tertiary alicyclic amines) is 2. The van der Waals surface area contributed by atoms with Gasteiger partial charge in [-0.2, -0.15) is 0 Å². The lowest BCUT2D eigenvalue weighted by Gasteiger charge is -2.22. The van der Waals surface area contributed by atoms with Crippen LogP contribution in [0.2, 0.25) is 0 Å². The van der Waals surface area contributed by atoms with Gasteiger partial charge in [-0.25, -0.2) is 4.98 Å². The first-order valence-corrected chi connectivity index (χ1v) is 10.6. The molecule has 2 aliphatic rings. The highest BCUT2D eigenvalue weighted by atomic mass is 32.1. The van der Waals surface area contributed by atoms with Crippen LogP contribution in [0.15, 0.2) is 11.6 Å². The van der Waals surface area contributed by atoms with Crippen LogP contribution < -0.4 is 0 Å². The topological polar surface area (TPSA) is 61.2 Å². The van der Waals surface area contributed by atoms with Gasteiger partial charge >= 0.3 is 0 Å². The molecule has 8 heteroatoms. The summed E-state index contributed by atoms with van der Waals surface area (Å²) in [5, 5.41) is 2.00. The molecule has 0 N–H and O–H groups in total. The molecular formula is C19H27N5O2S. The third kappa shape index (κ3) is 3.60. The summed E-state index contributed by atoms with van der Waals surface area (Å²) < 4.78 is 2.04. The lowest BCUT2D eigenvalue weighted by molar-refractivity contribution is -0.127. The number of hydrogen-bond donors (Lipinski definition) is 0. The molecule has 0 bridgehead atoms. The number of aromatic nitrogens is 2. The first-order chi connectivity index (χ1) is 13.1. The normalized spacial score (nSPS) is 20.6. The van der Waals surface area contributed by atoms with E-state index in [0.29, 0.717) is 24.6 Å². The highest BCUT2D eigenvalue weighted by molar-refractivity contribution is 7.15. The Morgan fingerprint density at radius 2 is 2.15 bits per heavy atom. The Kier molecular flexibility index (Phi) is 5.19. The van der Waals surface area contributed by atoms with Crippen molar-refractivity contribution in [2.45, 2.75) is 32.7 Å². The molecule has 146 valence electrons. The standard InChI is InChI=1S/C19H27N5O2S/c1-3-22-12-14(10-16(22)25)11-21(2)13-15-17(18(26)23-6-4-5-7-23)20-19-24(15)8-9-27-19/h8-9,14H,3-7,10-13H2,1-2H3. The molecule has 4 heterocycles. The fourth-order valence-corrected chi connectivity index (χ4v) is 5.00. The van der Waals surface area contributed by atoms with Crippen molar-refractivity contribution in [2.24, 2.45) is 5.92 Å². The molecule has 2 amide bonds. The van der Waals surface area contributed by atoms with Crippen molar-refractivity contribution in [3.63, 3.8) is 0 Å². The lowest BCUT2D eigenvalue weighted by Crippen LogP contribution is -2.31. The van der Waals surface area contributed by atoms with Gasteiger partial charge in [0.1, 0.15) is 0 Å². The van der Waals surface area contributed by atoms with E-state index in [4.69, 9.17) is 0 Å². The predicted molar refractivity (Wildman–Crippen MR) is 105 cm³/mol. The third-order valence-corrected chi connectivity index (χ3v) is 6.38. The number of hydrogen-bond acceptors (Lipinski definition) is 5. The van der Waals surface area contributed by atoms with Gasteiger partial charge in [-0.1, -0.05) is 0 Å². The van der Waals surface area contributed by atoms with Crippen molar-refractivity contribution in [1.82, 2.24) is 24.1 Å². The van der Waals surface area contributed by atoms with Gasteiger partial charge in [0.15, 0.2) is 10.7 Å². The van der Waals surface area contributed by atoms with Crippen LogP contribution in [0.25, 0.3) is 4.96 Å². The van der Waals surface area contributed by atoms with Crippen LogP contribution in [0.5, 0.6) is 0 Å². The van der Waals surface area contributed by atoms with E-state index in [1.54, 1.807) is 11.3 Å². The number of imidazole rings is 1. The van der Waals surface area contributed by atoms with E-state index in [1.165, 1.54) is 0 Å². The quantitative estimate of drug-likeness (QED) is 0.757. The Balaban J connectivity index is 1.50. The predicted octanol–water partition coefficient (Wildman–Crippen LogP) is 1.93. The minimum atomic E-state index is 0.0556. The molecule has 1 unspecified atom stereocenters. The Morgan fingerprint density at radius 3 is 2.85 bits per heavy atom. The molecular weight excluding hydrogens is 362 g/mol. The average molecular weight is 390 g/mol. The van der Waals surface area contributed by atoms with Gasteiger partial charge in [0.25, 0.3) is 5.91 Å². The monoisotopic (exact) mass is 389 g/mol. The highest BCUT2D eigenvalue weighted by Gasteiger charge is 2.30. The molecule has 0 radical (unpaired) electrons. The number of nitrogens with zero attached hydrogens (tertiary/aromatic N) is 5. The molecule has 4 rings (SSSR count). The summed E-state index contributed by atoms with van der Waals surface area (Å²) in [7, 11) is 2.06. The second-order valence-corrected chi connectivity index (χ2v) is 8.53. The van der Waals surface area contributed by atoms with Crippen molar-refractivity contribution in [3.05, 3.63) is 23.0 Å². The molecule has 0 aliphatic carbocycles. The van der Waals surface area contributed by atoms with Crippen LogP contribution in [0.4, 0.5) is 0 Å². The molecule has 2 aromatic rings. The number of thiazole rings is 1. The number of amides is 2. The molecule has 2 fully saturated rings. The maximum atomic E-state index is 13.0. The van der Waals surface area contributed by atoms with Gasteiger partial charge in [0, 0.05) is 57.3 Å². The Morgan fingerprint density at radius 1 is 1.37 bits per heavy atom. The van der Waals surface area contributed by atoms with Gasteiger partial charge in [-0.05, 0) is 32.7 Å². The summed E-state index contributed by atoms with van der Waals surface area (Å²) in [5.74, 6) is 0.663. The largest absolute Gasteiger partial charge is 0.343 e. The lowest BCUT2D eigenvalue weighted by atomic mass is 10.1. The van der Waals surface area contributed by atoms with Crippen LogP contribution in [0.1, 0.15) is 42.4 Å². The molecule has 7 nitrogen and oxygen atoms in total. The second-order valence-electron chi connectivity index (χ2n) is 7.66. The molecule has 0 saturated carbocycles. The van der Waals surface area contributed by atoms with E-state index >= 15 is 0 Å². The van der Waals surface area contributed by atoms with Crippen molar-refractivity contribution < 1.29 is 9.59 Å². The van der Waals surface area contributed by atoms with E-state index in [1.807, 2.05) is 32.7 Å². The Labute approximate surface area is 163 Å². The minimum absolute atomic E-state index is 0.0556. The number of rotatable bonds is 6. The second kappa shape index (κ2) is 7.59. The van der Waals surface area contributed by atoms with Crippen molar-refractivity contribution in [2.75, 3.05) is 39.8 Å². The van der Waals surface area contributed by atoms with Crippen LogP contribution in [0, 0.1) is 5.92 Å². The first kappa shape index (κ1) is 18.4. The minimum Gasteiger partial charge on any atom is -0.343 e. The maximum Gasteiger partial charge on any atom is 0.274 e. The molecule has 27 heavy (non-hydrogen) atoms. The zero-order chi connectivity index (χ0) is 19.0. The molecule has 0 spiro atoms. The summed E-state index contributed by atoms with van der Waals surface area (Å²) >= 11 is 1.56. The van der Waals surface area contributed by atoms with E-state index in [-0.39, 0.29) is 11.8 Å². The fraction of sp³-hybridized carbons (Fsp3) is 0.632. The molecule has 1 atom stereocenters. The number of carbonyl (C=O) groups is 2. The molecule has 2 saturated heterocycles. The van der Waals surface area contributed by atoms with Gasteiger partial charge in [0.2, 0.25) is 5.91 Å². The summed E-state index contributed by atoms with van der Waals surface area (Å²) in [6.45, 7) is 6.80. The van der Waals surface area contributed by atoms with Crippen molar-refractivity contribution in [3.8, 4) is 0 Å². The zero-order valence-corrected chi connectivity index (χ0v) is 16.9. The highest BCUT2D eigenvalue weighted by Crippen LogP contribution is 2.23. The van der Waals surface area contributed by atoms with E-state index in [9.17, 15) is 9.59 Å². The van der Waals surface area contributed by atoms with E-state index in [2.05, 4.69) is 16.9 Å². The molecule has 0 aromatic carbocycles. The van der Waals surface area contributed by atoms with Crippen LogP contribution in [0.3, 0.4) is 0 Å². The zero-order valence-electron chi connectivity index (χ0n) is 16.1. The van der Waals surface area contributed by atoms with Gasteiger partial charge in [-0.3, -0.25) is 14.0 Å². The average Bonchev–Trinajstić information content (AvgIpc) is 3.40. The van der Waals surface area contributed by atoms with Crippen LogP contribution >= 0.6 is 11.3 Å². The van der Waals surface area contributed by atoms with Crippen LogP contribution in [-0.2, 0) is 11.3 Å². The smallest absolute Gasteiger partial charge is 0.274 e. The molecule has 2 aromatic heterocycles. The van der Waals surface area contributed by atoms with Crippen molar-refractivity contribution >= 4 is 28.1 Å². The first-order valence-electron chi connectivity index (χ1n) is 9.76. The summed E-state index contributed by atoms with van der Waals surface area (Å²) in [5.41, 5.74) is 1.55. The number of fused-ring (bicyclic) bond motifs is 1. The number of carbonyl (C=O) groups excluding carboxylic acids is 2. The summed E-state index contributed by atoms with van der Waals surface area (Å²) in [4.78, 5) is 36.5. The van der Waals surface area contributed by atoms with Crippen molar-refractivity contribution in [1.29, 1.82) is 0 Å². The third-order valence-electron chi connectivity index (χ3n) is 5.62.